The largest absolute Gasteiger partial charge is 0.347 e. The summed E-state index contributed by atoms with van der Waals surface area (Å²) < 4.78 is 1.33. The van der Waals surface area contributed by atoms with Gasteiger partial charge in [0, 0.05) is 19.3 Å². The number of nitrogens with zero attached hydrogens (tertiary/aromatic N) is 2. The number of aromatic nitrogens is 2. The second-order valence-electron chi connectivity index (χ2n) is 3.31. The number of para-hydroxylation sites is 1. The lowest BCUT2D eigenvalue weighted by Crippen LogP contribution is -2.39. The van der Waals surface area contributed by atoms with Crippen LogP contribution >= 0.6 is 0 Å². The lowest BCUT2D eigenvalue weighted by molar-refractivity contribution is 0.704. The fourth-order valence-electron chi connectivity index (χ4n) is 1.41. The lowest BCUT2D eigenvalue weighted by atomic mass is 10.3. The highest BCUT2D eigenvalue weighted by molar-refractivity contribution is 5.44. The van der Waals surface area contributed by atoms with Crippen molar-refractivity contribution in [3.8, 4) is 0 Å². The van der Waals surface area contributed by atoms with E-state index in [1.807, 2.05) is 30.3 Å². The topological polar surface area (TPSA) is 58.1 Å². The van der Waals surface area contributed by atoms with E-state index in [4.69, 9.17) is 0 Å². The first-order valence-corrected chi connectivity index (χ1v) is 4.79. The summed E-state index contributed by atoms with van der Waals surface area (Å²) in [4.78, 5) is 24.6. The van der Waals surface area contributed by atoms with Crippen LogP contribution in [0.2, 0.25) is 0 Å². The van der Waals surface area contributed by atoms with Gasteiger partial charge in [0.15, 0.2) is 0 Å². The molecular formula is C11H11N3O2. The van der Waals surface area contributed by atoms with Gasteiger partial charge in [-0.25, -0.2) is 9.47 Å². The van der Waals surface area contributed by atoms with Crippen LogP contribution in [0.15, 0.2) is 52.2 Å². The quantitative estimate of drug-likeness (QED) is 0.793. The minimum atomic E-state index is -0.459. The van der Waals surface area contributed by atoms with Crippen LogP contribution in [-0.4, -0.2) is 16.7 Å². The van der Waals surface area contributed by atoms with E-state index in [1.54, 1.807) is 12.1 Å². The van der Waals surface area contributed by atoms with Crippen LogP contribution in [0.1, 0.15) is 0 Å². The van der Waals surface area contributed by atoms with E-state index in [0.717, 1.165) is 5.69 Å². The average Bonchev–Trinajstić information content (AvgIpc) is 2.29. The fraction of sp³-hybridized carbons (Fsp3) is 0.0909. The van der Waals surface area contributed by atoms with Crippen molar-refractivity contribution < 1.29 is 0 Å². The molecule has 0 atom stereocenters. The van der Waals surface area contributed by atoms with Crippen molar-refractivity contribution in [1.82, 2.24) is 9.66 Å². The standard InChI is InChI=1S/C11H11N3O2/c1-13(9-5-3-2-4-6-9)14-8-7-10(15)12-11(14)16/h2-8H,1H3,(H,12,15,16). The molecule has 1 heterocycles. The predicted octanol–water partition coefficient (Wildman–Crippen LogP) is 0.436. The van der Waals surface area contributed by atoms with E-state index in [0.29, 0.717) is 0 Å². The zero-order chi connectivity index (χ0) is 11.5. The second-order valence-corrected chi connectivity index (χ2v) is 3.31. The van der Waals surface area contributed by atoms with Crippen LogP contribution in [-0.2, 0) is 0 Å². The number of benzene rings is 1. The van der Waals surface area contributed by atoms with Gasteiger partial charge in [0.25, 0.3) is 5.56 Å². The second kappa shape index (κ2) is 4.06. The molecule has 2 aromatic rings. The number of nitrogens with one attached hydrogen (secondary N) is 1. The maximum atomic E-state index is 11.5. The molecule has 16 heavy (non-hydrogen) atoms. The molecule has 0 radical (unpaired) electrons. The van der Waals surface area contributed by atoms with Crippen LogP contribution < -0.4 is 16.3 Å². The summed E-state index contributed by atoms with van der Waals surface area (Å²) in [5.74, 6) is 0. The van der Waals surface area contributed by atoms with Crippen molar-refractivity contribution in [2.75, 3.05) is 12.1 Å². The average molecular weight is 217 g/mol. The molecule has 2 rings (SSSR count). The van der Waals surface area contributed by atoms with Crippen molar-refractivity contribution in [3.05, 3.63) is 63.4 Å². The smallest absolute Gasteiger partial charge is 0.281 e. The van der Waals surface area contributed by atoms with E-state index < -0.39 is 11.2 Å². The summed E-state index contributed by atoms with van der Waals surface area (Å²) in [5.41, 5.74) is -0.00165. The highest BCUT2D eigenvalue weighted by Crippen LogP contribution is 2.09. The van der Waals surface area contributed by atoms with E-state index in [9.17, 15) is 9.59 Å². The predicted molar refractivity (Wildman–Crippen MR) is 61.6 cm³/mol. The fourth-order valence-corrected chi connectivity index (χ4v) is 1.41. The summed E-state index contributed by atoms with van der Waals surface area (Å²) in [5, 5.41) is 1.65. The number of aromatic amines is 1. The first kappa shape index (κ1) is 10.2. The third-order valence-corrected chi connectivity index (χ3v) is 2.26. The summed E-state index contributed by atoms with van der Waals surface area (Å²) in [7, 11) is 1.75. The molecule has 1 aromatic carbocycles. The third kappa shape index (κ3) is 1.88. The number of hydrogen-bond acceptors (Lipinski definition) is 3. The third-order valence-electron chi connectivity index (χ3n) is 2.26. The minimum absolute atomic E-state index is 0.400. The Balaban J connectivity index is 2.46. The van der Waals surface area contributed by atoms with Crippen LogP contribution in [0.5, 0.6) is 0 Å². The van der Waals surface area contributed by atoms with Crippen LogP contribution in [0, 0.1) is 0 Å². The van der Waals surface area contributed by atoms with E-state index >= 15 is 0 Å². The molecule has 0 fully saturated rings. The molecule has 0 aliphatic heterocycles. The highest BCUT2D eigenvalue weighted by atomic mass is 16.2. The van der Waals surface area contributed by atoms with Crippen LogP contribution in [0.25, 0.3) is 0 Å². The number of H-pyrrole nitrogens is 1. The van der Waals surface area contributed by atoms with Gasteiger partial charge >= 0.3 is 5.69 Å². The Bertz CT molecular complexity index is 586. The molecule has 0 saturated carbocycles. The van der Waals surface area contributed by atoms with Crippen molar-refractivity contribution in [1.29, 1.82) is 0 Å². The van der Waals surface area contributed by atoms with Gasteiger partial charge < -0.3 is 0 Å². The molecule has 5 nitrogen and oxygen atoms in total. The zero-order valence-electron chi connectivity index (χ0n) is 8.75. The number of rotatable bonds is 2. The Kier molecular flexibility index (Phi) is 2.59. The molecular weight excluding hydrogens is 206 g/mol. The van der Waals surface area contributed by atoms with Gasteiger partial charge in [-0.05, 0) is 12.1 Å². The van der Waals surface area contributed by atoms with Crippen molar-refractivity contribution in [2.45, 2.75) is 0 Å². The monoisotopic (exact) mass is 217 g/mol. The Morgan fingerprint density at radius 1 is 1.12 bits per heavy atom. The SMILES string of the molecule is CN(c1ccccc1)n1ccc(=O)[nH]c1=O. The van der Waals surface area contributed by atoms with Gasteiger partial charge in [-0.2, -0.15) is 0 Å². The van der Waals surface area contributed by atoms with Gasteiger partial charge in [-0.3, -0.25) is 14.8 Å². The van der Waals surface area contributed by atoms with Crippen LogP contribution in [0.3, 0.4) is 0 Å². The summed E-state index contributed by atoms with van der Waals surface area (Å²) in [6.45, 7) is 0. The number of anilines is 1. The van der Waals surface area contributed by atoms with Crippen molar-refractivity contribution >= 4 is 5.69 Å². The molecule has 1 N–H and O–H groups in total. The van der Waals surface area contributed by atoms with Gasteiger partial charge in [0.1, 0.15) is 0 Å². The minimum Gasteiger partial charge on any atom is -0.281 e. The first-order chi connectivity index (χ1) is 7.68. The Labute approximate surface area is 91.6 Å². The maximum absolute atomic E-state index is 11.5. The lowest BCUT2D eigenvalue weighted by Gasteiger charge is -2.20. The summed E-state index contributed by atoms with van der Waals surface area (Å²) in [6.07, 6.45) is 1.44. The molecule has 0 saturated heterocycles. The molecule has 5 heteroatoms. The van der Waals surface area contributed by atoms with Gasteiger partial charge in [-0.15, -0.1) is 0 Å². The summed E-state index contributed by atoms with van der Waals surface area (Å²) >= 11 is 0. The first-order valence-electron chi connectivity index (χ1n) is 4.79. The molecule has 82 valence electrons. The molecule has 0 amide bonds. The Hall–Kier alpha value is -2.30. The normalized spacial score (nSPS) is 10.1. The van der Waals surface area contributed by atoms with E-state index in [2.05, 4.69) is 4.98 Å². The molecule has 1 aromatic heterocycles. The molecule has 0 aliphatic carbocycles. The zero-order valence-corrected chi connectivity index (χ0v) is 8.75. The van der Waals surface area contributed by atoms with Crippen molar-refractivity contribution in [2.24, 2.45) is 0 Å². The summed E-state index contributed by atoms with van der Waals surface area (Å²) in [6, 6.07) is 10.7. The van der Waals surface area contributed by atoms with E-state index in [1.165, 1.54) is 16.9 Å². The van der Waals surface area contributed by atoms with Crippen molar-refractivity contribution in [3.63, 3.8) is 0 Å². The number of hydrogen-bond donors (Lipinski definition) is 1. The van der Waals surface area contributed by atoms with Gasteiger partial charge in [-0.1, -0.05) is 18.2 Å². The highest BCUT2D eigenvalue weighted by Gasteiger charge is 2.03. The molecule has 0 spiro atoms. The maximum Gasteiger partial charge on any atom is 0.347 e. The van der Waals surface area contributed by atoms with E-state index in [-0.39, 0.29) is 0 Å². The van der Waals surface area contributed by atoms with Crippen LogP contribution in [0.4, 0.5) is 5.69 Å². The Morgan fingerprint density at radius 2 is 1.81 bits per heavy atom. The molecule has 0 unspecified atom stereocenters. The molecule has 0 aliphatic rings. The molecule has 0 bridgehead atoms. The van der Waals surface area contributed by atoms with Gasteiger partial charge in [0.2, 0.25) is 0 Å². The van der Waals surface area contributed by atoms with Gasteiger partial charge in [0.05, 0.1) is 5.69 Å². The Morgan fingerprint density at radius 3 is 2.44 bits per heavy atom.